The highest BCUT2D eigenvalue weighted by atomic mass is 32.2. The molecule has 1 amide bonds. The van der Waals surface area contributed by atoms with Gasteiger partial charge in [-0.05, 0) is 18.1 Å². The summed E-state index contributed by atoms with van der Waals surface area (Å²) >= 11 is 1.80. The fraction of sp³-hybridized carbons (Fsp3) is 0.562. The molecule has 114 valence electrons. The van der Waals surface area contributed by atoms with Crippen molar-refractivity contribution in [3.8, 4) is 0 Å². The minimum Gasteiger partial charge on any atom is -0.387 e. The molecule has 0 aromatic heterocycles. The van der Waals surface area contributed by atoms with E-state index in [1.807, 2.05) is 41.8 Å². The van der Waals surface area contributed by atoms with Crippen LogP contribution < -0.4 is 4.90 Å². The van der Waals surface area contributed by atoms with Crippen molar-refractivity contribution in [3.05, 3.63) is 24.3 Å². The van der Waals surface area contributed by atoms with Crippen LogP contribution in [0, 0.1) is 5.92 Å². The summed E-state index contributed by atoms with van der Waals surface area (Å²) in [6.45, 7) is 6.41. The molecule has 1 aromatic carbocycles. The van der Waals surface area contributed by atoms with Gasteiger partial charge in [0.05, 0.1) is 17.8 Å². The molecule has 0 atom stereocenters. The highest BCUT2D eigenvalue weighted by Gasteiger charge is 2.44. The van der Waals surface area contributed by atoms with Crippen molar-refractivity contribution in [2.45, 2.75) is 24.3 Å². The maximum Gasteiger partial charge on any atom is 0.241 e. The second-order valence-electron chi connectivity index (χ2n) is 6.27. The Balaban J connectivity index is 1.63. The fourth-order valence-corrected chi connectivity index (χ4v) is 3.90. The monoisotopic (exact) mass is 306 g/mol. The SMILES string of the molecule is CC(C)C1(O)CN(CC(=O)N2CCSc3ccccc32)C1. The highest BCUT2D eigenvalue weighted by Crippen LogP contribution is 2.35. The molecule has 1 aromatic rings. The standard InChI is InChI=1S/C16H22N2O2S/c1-12(2)16(20)10-17(11-16)9-15(19)18-7-8-21-14-6-4-3-5-13(14)18/h3-6,12,20H,7-11H2,1-2H3. The topological polar surface area (TPSA) is 43.8 Å². The third-order valence-corrected chi connectivity index (χ3v) is 5.50. The van der Waals surface area contributed by atoms with Crippen molar-refractivity contribution in [2.24, 2.45) is 5.92 Å². The summed E-state index contributed by atoms with van der Waals surface area (Å²) in [6.07, 6.45) is 0. The smallest absolute Gasteiger partial charge is 0.241 e. The van der Waals surface area contributed by atoms with Crippen LogP contribution in [-0.2, 0) is 4.79 Å². The summed E-state index contributed by atoms with van der Waals surface area (Å²) in [6, 6.07) is 8.07. The Bertz CT molecular complexity index is 541. The zero-order valence-electron chi connectivity index (χ0n) is 12.6. The molecule has 0 radical (unpaired) electrons. The summed E-state index contributed by atoms with van der Waals surface area (Å²) in [5, 5.41) is 10.3. The van der Waals surface area contributed by atoms with Crippen LogP contribution in [0.4, 0.5) is 5.69 Å². The molecule has 4 nitrogen and oxygen atoms in total. The van der Waals surface area contributed by atoms with E-state index in [1.54, 1.807) is 11.8 Å². The van der Waals surface area contributed by atoms with Gasteiger partial charge in [-0.1, -0.05) is 26.0 Å². The van der Waals surface area contributed by atoms with E-state index >= 15 is 0 Å². The van der Waals surface area contributed by atoms with Gasteiger partial charge in [-0.2, -0.15) is 0 Å². The summed E-state index contributed by atoms with van der Waals surface area (Å²) < 4.78 is 0. The quantitative estimate of drug-likeness (QED) is 0.925. The van der Waals surface area contributed by atoms with E-state index in [2.05, 4.69) is 6.07 Å². The number of aliphatic hydroxyl groups is 1. The average molecular weight is 306 g/mol. The van der Waals surface area contributed by atoms with Crippen LogP contribution in [0.3, 0.4) is 0 Å². The number of carbonyl (C=O) groups is 1. The van der Waals surface area contributed by atoms with Crippen molar-refractivity contribution >= 4 is 23.4 Å². The average Bonchev–Trinajstić information content (AvgIpc) is 2.44. The Kier molecular flexibility index (Phi) is 3.99. The number of amides is 1. The van der Waals surface area contributed by atoms with Crippen LogP contribution in [0.5, 0.6) is 0 Å². The number of β-amino-alcohol motifs (C(OH)–C–C–N with tert-alkyl or cyclic N) is 1. The predicted octanol–water partition coefficient (Wildman–Crippen LogP) is 1.83. The second kappa shape index (κ2) is 5.63. The summed E-state index contributed by atoms with van der Waals surface area (Å²) in [5.41, 5.74) is 0.411. The summed E-state index contributed by atoms with van der Waals surface area (Å²) in [7, 11) is 0. The number of nitrogens with zero attached hydrogens (tertiary/aromatic N) is 2. The van der Waals surface area contributed by atoms with E-state index in [9.17, 15) is 9.90 Å². The largest absolute Gasteiger partial charge is 0.387 e. The highest BCUT2D eigenvalue weighted by molar-refractivity contribution is 7.99. The molecule has 1 saturated heterocycles. The van der Waals surface area contributed by atoms with Crippen LogP contribution >= 0.6 is 11.8 Å². The van der Waals surface area contributed by atoms with Gasteiger partial charge in [-0.3, -0.25) is 9.69 Å². The molecule has 2 heterocycles. The molecule has 0 bridgehead atoms. The first kappa shape index (κ1) is 14.9. The van der Waals surface area contributed by atoms with Crippen molar-refractivity contribution in [1.29, 1.82) is 0 Å². The van der Waals surface area contributed by atoms with E-state index in [-0.39, 0.29) is 11.8 Å². The van der Waals surface area contributed by atoms with E-state index in [0.29, 0.717) is 19.6 Å². The number of fused-ring (bicyclic) bond motifs is 1. The summed E-state index contributed by atoms with van der Waals surface area (Å²) in [5.74, 6) is 1.31. The molecule has 1 N–H and O–H groups in total. The van der Waals surface area contributed by atoms with E-state index < -0.39 is 5.60 Å². The molecule has 0 spiro atoms. The molecule has 21 heavy (non-hydrogen) atoms. The number of anilines is 1. The Morgan fingerprint density at radius 1 is 1.38 bits per heavy atom. The number of hydrogen-bond acceptors (Lipinski definition) is 4. The normalized spacial score (nSPS) is 21.0. The van der Waals surface area contributed by atoms with Crippen molar-refractivity contribution in [2.75, 3.05) is 36.8 Å². The molecule has 0 aliphatic carbocycles. The molecule has 2 aliphatic rings. The van der Waals surface area contributed by atoms with Gasteiger partial charge >= 0.3 is 0 Å². The Labute approximate surface area is 130 Å². The Hall–Kier alpha value is -1.04. The van der Waals surface area contributed by atoms with E-state index in [4.69, 9.17) is 0 Å². The first-order valence-corrected chi connectivity index (χ1v) is 8.45. The minimum atomic E-state index is -0.615. The molecular formula is C16H22N2O2S. The van der Waals surface area contributed by atoms with Gasteiger partial charge in [0.25, 0.3) is 0 Å². The van der Waals surface area contributed by atoms with E-state index in [0.717, 1.165) is 18.0 Å². The number of hydrogen-bond donors (Lipinski definition) is 1. The van der Waals surface area contributed by atoms with Gasteiger partial charge in [0.15, 0.2) is 0 Å². The van der Waals surface area contributed by atoms with Crippen molar-refractivity contribution in [1.82, 2.24) is 4.90 Å². The van der Waals surface area contributed by atoms with Crippen molar-refractivity contribution in [3.63, 3.8) is 0 Å². The lowest BCUT2D eigenvalue weighted by Gasteiger charge is -2.49. The first-order valence-electron chi connectivity index (χ1n) is 7.46. The molecule has 5 heteroatoms. The third kappa shape index (κ3) is 2.82. The maximum absolute atomic E-state index is 12.5. The lowest BCUT2D eigenvalue weighted by molar-refractivity contribution is -0.140. The zero-order chi connectivity index (χ0) is 15.0. The van der Waals surface area contributed by atoms with Gasteiger partial charge in [0, 0.05) is 30.3 Å². The van der Waals surface area contributed by atoms with Gasteiger partial charge in [0.2, 0.25) is 5.91 Å². The van der Waals surface area contributed by atoms with E-state index in [1.165, 1.54) is 4.90 Å². The molecule has 1 fully saturated rings. The first-order chi connectivity index (χ1) is 9.99. The van der Waals surface area contributed by atoms with Gasteiger partial charge in [0.1, 0.15) is 0 Å². The van der Waals surface area contributed by atoms with Crippen LogP contribution in [0.2, 0.25) is 0 Å². The van der Waals surface area contributed by atoms with Gasteiger partial charge in [-0.25, -0.2) is 0 Å². The third-order valence-electron chi connectivity index (χ3n) is 4.46. The van der Waals surface area contributed by atoms with Crippen LogP contribution in [0.15, 0.2) is 29.2 Å². The number of benzene rings is 1. The molecule has 3 rings (SSSR count). The zero-order valence-corrected chi connectivity index (χ0v) is 13.4. The Morgan fingerprint density at radius 3 is 2.81 bits per heavy atom. The van der Waals surface area contributed by atoms with Crippen molar-refractivity contribution < 1.29 is 9.90 Å². The lowest BCUT2D eigenvalue weighted by Crippen LogP contribution is -2.66. The molecule has 2 aliphatic heterocycles. The predicted molar refractivity (Wildman–Crippen MR) is 85.7 cm³/mol. The van der Waals surface area contributed by atoms with Crippen LogP contribution in [0.1, 0.15) is 13.8 Å². The van der Waals surface area contributed by atoms with Gasteiger partial charge in [-0.15, -0.1) is 11.8 Å². The summed E-state index contributed by atoms with van der Waals surface area (Å²) in [4.78, 5) is 17.6. The molecule has 0 unspecified atom stereocenters. The Morgan fingerprint density at radius 2 is 2.10 bits per heavy atom. The fourth-order valence-electron chi connectivity index (χ4n) is 2.91. The lowest BCUT2D eigenvalue weighted by atomic mass is 9.83. The van der Waals surface area contributed by atoms with Crippen LogP contribution in [0.25, 0.3) is 0 Å². The number of rotatable bonds is 3. The number of para-hydroxylation sites is 1. The van der Waals surface area contributed by atoms with Gasteiger partial charge < -0.3 is 10.0 Å². The second-order valence-corrected chi connectivity index (χ2v) is 7.40. The number of thioether (sulfide) groups is 1. The number of carbonyl (C=O) groups excluding carboxylic acids is 1. The van der Waals surface area contributed by atoms with Crippen LogP contribution in [-0.4, -0.2) is 53.4 Å². The molecular weight excluding hydrogens is 284 g/mol. The number of likely N-dealkylation sites (tertiary alicyclic amines) is 1. The molecule has 0 saturated carbocycles. The maximum atomic E-state index is 12.5. The minimum absolute atomic E-state index is 0.133.